The third-order valence-corrected chi connectivity index (χ3v) is 2.06. The molecule has 4 heteroatoms. The molecule has 0 aliphatic heterocycles. The van der Waals surface area contributed by atoms with Crippen LogP contribution in [0.15, 0.2) is 18.2 Å². The van der Waals surface area contributed by atoms with Gasteiger partial charge < -0.3 is 16.4 Å². The predicted molar refractivity (Wildman–Crippen MR) is 62.0 cm³/mol. The van der Waals surface area contributed by atoms with E-state index in [2.05, 4.69) is 10.6 Å². The number of amides is 2. The summed E-state index contributed by atoms with van der Waals surface area (Å²) in [5.41, 5.74) is 8.34. The first-order valence-electron chi connectivity index (χ1n) is 4.95. The lowest BCUT2D eigenvalue weighted by Gasteiger charge is -2.09. The molecule has 0 aliphatic carbocycles. The van der Waals surface area contributed by atoms with Gasteiger partial charge in [0.05, 0.1) is 0 Å². The number of urea groups is 1. The summed E-state index contributed by atoms with van der Waals surface area (Å²) >= 11 is 0. The van der Waals surface area contributed by atoms with Gasteiger partial charge in [-0.2, -0.15) is 0 Å². The van der Waals surface area contributed by atoms with Gasteiger partial charge in [-0.1, -0.05) is 17.7 Å². The largest absolute Gasteiger partial charge is 0.337 e. The van der Waals surface area contributed by atoms with Crippen molar-refractivity contribution in [2.45, 2.75) is 13.8 Å². The Labute approximate surface area is 89.9 Å². The zero-order chi connectivity index (χ0) is 11.3. The molecule has 1 rings (SSSR count). The molecule has 2 amide bonds. The highest BCUT2D eigenvalue weighted by Crippen LogP contribution is 2.15. The Balaban J connectivity index is 2.60. The van der Waals surface area contributed by atoms with E-state index in [0.717, 1.165) is 11.3 Å². The summed E-state index contributed by atoms with van der Waals surface area (Å²) in [6.07, 6.45) is 0. The lowest BCUT2D eigenvalue weighted by atomic mass is 10.1. The van der Waals surface area contributed by atoms with Gasteiger partial charge in [0, 0.05) is 18.8 Å². The van der Waals surface area contributed by atoms with Crippen molar-refractivity contribution in [3.05, 3.63) is 29.3 Å². The molecule has 0 saturated carbocycles. The molecule has 0 unspecified atom stereocenters. The molecular weight excluding hydrogens is 190 g/mol. The van der Waals surface area contributed by atoms with Crippen LogP contribution in [0.2, 0.25) is 0 Å². The maximum Gasteiger partial charge on any atom is 0.319 e. The van der Waals surface area contributed by atoms with Gasteiger partial charge in [-0.25, -0.2) is 4.79 Å². The fraction of sp³-hybridized carbons (Fsp3) is 0.364. The smallest absolute Gasteiger partial charge is 0.319 e. The second kappa shape index (κ2) is 5.36. The van der Waals surface area contributed by atoms with Gasteiger partial charge in [0.25, 0.3) is 0 Å². The molecule has 15 heavy (non-hydrogen) atoms. The van der Waals surface area contributed by atoms with Gasteiger partial charge >= 0.3 is 6.03 Å². The first-order chi connectivity index (χ1) is 7.13. The second-order valence-electron chi connectivity index (χ2n) is 3.49. The first-order valence-corrected chi connectivity index (χ1v) is 4.95. The van der Waals surface area contributed by atoms with E-state index in [1.807, 2.05) is 32.0 Å². The average Bonchev–Trinajstić information content (AvgIpc) is 2.19. The Kier molecular flexibility index (Phi) is 4.12. The van der Waals surface area contributed by atoms with Crippen molar-refractivity contribution < 1.29 is 4.79 Å². The van der Waals surface area contributed by atoms with E-state index in [1.54, 1.807) is 0 Å². The first kappa shape index (κ1) is 11.5. The number of nitrogens with two attached hydrogens (primary N) is 1. The Morgan fingerprint density at radius 1 is 1.40 bits per heavy atom. The van der Waals surface area contributed by atoms with Crippen molar-refractivity contribution in [3.63, 3.8) is 0 Å². The number of carbonyl (C=O) groups excluding carboxylic acids is 1. The molecule has 1 aromatic carbocycles. The van der Waals surface area contributed by atoms with E-state index < -0.39 is 0 Å². The summed E-state index contributed by atoms with van der Waals surface area (Å²) < 4.78 is 0. The number of carbonyl (C=O) groups is 1. The molecule has 0 spiro atoms. The summed E-state index contributed by atoms with van der Waals surface area (Å²) in [5, 5.41) is 5.41. The highest BCUT2D eigenvalue weighted by atomic mass is 16.2. The molecular formula is C11H17N3O. The summed E-state index contributed by atoms with van der Waals surface area (Å²) in [4.78, 5) is 11.3. The molecule has 0 radical (unpaired) electrons. The van der Waals surface area contributed by atoms with Gasteiger partial charge in [-0.05, 0) is 25.5 Å². The van der Waals surface area contributed by atoms with Gasteiger partial charge in [-0.3, -0.25) is 0 Å². The van der Waals surface area contributed by atoms with E-state index in [1.165, 1.54) is 5.56 Å². The van der Waals surface area contributed by atoms with E-state index in [-0.39, 0.29) is 6.03 Å². The zero-order valence-electron chi connectivity index (χ0n) is 9.13. The van der Waals surface area contributed by atoms with Crippen LogP contribution in [0.4, 0.5) is 10.5 Å². The van der Waals surface area contributed by atoms with E-state index in [0.29, 0.717) is 13.1 Å². The Morgan fingerprint density at radius 3 is 2.73 bits per heavy atom. The van der Waals surface area contributed by atoms with E-state index in [9.17, 15) is 4.79 Å². The van der Waals surface area contributed by atoms with Crippen molar-refractivity contribution in [2.75, 3.05) is 18.4 Å². The quantitative estimate of drug-likeness (QED) is 0.701. The van der Waals surface area contributed by atoms with Crippen LogP contribution < -0.4 is 16.4 Å². The molecule has 0 fully saturated rings. The summed E-state index contributed by atoms with van der Waals surface area (Å²) in [6.45, 7) is 4.91. The Morgan fingerprint density at radius 2 is 2.13 bits per heavy atom. The second-order valence-corrected chi connectivity index (χ2v) is 3.49. The summed E-state index contributed by atoms with van der Waals surface area (Å²) in [6, 6.07) is 5.67. The number of hydrogen-bond donors (Lipinski definition) is 3. The minimum atomic E-state index is -0.215. The molecule has 1 aromatic rings. The van der Waals surface area contributed by atoms with Crippen LogP contribution in [0.5, 0.6) is 0 Å². The molecule has 4 N–H and O–H groups in total. The van der Waals surface area contributed by atoms with Gasteiger partial charge in [0.15, 0.2) is 0 Å². The lowest BCUT2D eigenvalue weighted by molar-refractivity contribution is 0.252. The lowest BCUT2D eigenvalue weighted by Crippen LogP contribution is -2.33. The molecule has 0 heterocycles. The van der Waals surface area contributed by atoms with Crippen LogP contribution in [0.3, 0.4) is 0 Å². The van der Waals surface area contributed by atoms with Crippen LogP contribution in [0.1, 0.15) is 11.1 Å². The number of rotatable bonds is 3. The minimum Gasteiger partial charge on any atom is -0.337 e. The van der Waals surface area contributed by atoms with Crippen LogP contribution in [-0.2, 0) is 0 Å². The van der Waals surface area contributed by atoms with Crippen LogP contribution in [0, 0.1) is 13.8 Å². The van der Waals surface area contributed by atoms with Gasteiger partial charge in [0.2, 0.25) is 0 Å². The SMILES string of the molecule is Cc1ccc(NC(=O)NCCN)c(C)c1. The van der Waals surface area contributed by atoms with Crippen LogP contribution >= 0.6 is 0 Å². The van der Waals surface area contributed by atoms with E-state index in [4.69, 9.17) is 5.73 Å². The highest BCUT2D eigenvalue weighted by Gasteiger charge is 2.02. The van der Waals surface area contributed by atoms with Crippen molar-refractivity contribution in [3.8, 4) is 0 Å². The highest BCUT2D eigenvalue weighted by molar-refractivity contribution is 5.90. The molecule has 0 saturated heterocycles. The molecule has 0 atom stereocenters. The fourth-order valence-corrected chi connectivity index (χ4v) is 1.31. The van der Waals surface area contributed by atoms with Crippen molar-refractivity contribution in [2.24, 2.45) is 5.73 Å². The number of nitrogens with one attached hydrogen (secondary N) is 2. The summed E-state index contributed by atoms with van der Waals surface area (Å²) in [5.74, 6) is 0. The van der Waals surface area contributed by atoms with Crippen LogP contribution in [0.25, 0.3) is 0 Å². The van der Waals surface area contributed by atoms with Crippen molar-refractivity contribution in [1.82, 2.24) is 5.32 Å². The molecule has 4 nitrogen and oxygen atoms in total. The normalized spacial score (nSPS) is 9.80. The predicted octanol–water partition coefficient (Wildman–Crippen LogP) is 1.38. The number of hydrogen-bond acceptors (Lipinski definition) is 2. The monoisotopic (exact) mass is 207 g/mol. The number of anilines is 1. The minimum absolute atomic E-state index is 0.215. The molecule has 0 aromatic heterocycles. The Hall–Kier alpha value is -1.55. The summed E-state index contributed by atoms with van der Waals surface area (Å²) in [7, 11) is 0. The topological polar surface area (TPSA) is 67.2 Å². The third kappa shape index (κ3) is 3.59. The van der Waals surface area contributed by atoms with Gasteiger partial charge in [-0.15, -0.1) is 0 Å². The maximum absolute atomic E-state index is 11.3. The molecule has 0 aliphatic rings. The van der Waals surface area contributed by atoms with Crippen molar-refractivity contribution in [1.29, 1.82) is 0 Å². The third-order valence-electron chi connectivity index (χ3n) is 2.06. The van der Waals surface area contributed by atoms with Crippen molar-refractivity contribution >= 4 is 11.7 Å². The van der Waals surface area contributed by atoms with Crippen LogP contribution in [-0.4, -0.2) is 19.1 Å². The fourth-order valence-electron chi connectivity index (χ4n) is 1.31. The standard InChI is InChI=1S/C11H17N3O/c1-8-3-4-10(9(2)7-8)14-11(15)13-6-5-12/h3-4,7H,5-6,12H2,1-2H3,(H2,13,14,15). The zero-order valence-corrected chi connectivity index (χ0v) is 9.13. The number of benzene rings is 1. The number of aryl methyl sites for hydroxylation is 2. The molecule has 82 valence electrons. The van der Waals surface area contributed by atoms with Gasteiger partial charge in [0.1, 0.15) is 0 Å². The molecule has 0 bridgehead atoms. The average molecular weight is 207 g/mol. The van der Waals surface area contributed by atoms with E-state index >= 15 is 0 Å². The maximum atomic E-state index is 11.3. The Bertz CT molecular complexity index is 350.